The van der Waals surface area contributed by atoms with Gasteiger partial charge >= 0.3 is 0 Å². The Morgan fingerprint density at radius 3 is 2.37 bits per heavy atom. The number of amides is 1. The molecule has 0 bridgehead atoms. The van der Waals surface area contributed by atoms with Gasteiger partial charge in [0.25, 0.3) is 5.91 Å². The third-order valence-corrected chi connectivity index (χ3v) is 6.20. The Kier molecular flexibility index (Phi) is 6.41. The highest BCUT2D eigenvalue weighted by Gasteiger charge is 2.21. The topological polar surface area (TPSA) is 51.2 Å². The molecule has 0 aliphatic carbocycles. The molecule has 0 saturated heterocycles. The molecule has 35 heavy (non-hydrogen) atoms. The van der Waals surface area contributed by atoms with Crippen LogP contribution < -0.4 is 10.1 Å². The van der Waals surface area contributed by atoms with Crippen LogP contribution in [0.25, 0.3) is 22.2 Å². The van der Waals surface area contributed by atoms with E-state index in [-0.39, 0.29) is 5.91 Å². The Balaban J connectivity index is 1.59. The van der Waals surface area contributed by atoms with E-state index in [9.17, 15) is 4.79 Å². The first kappa shape index (κ1) is 22.9. The lowest BCUT2D eigenvalue weighted by Gasteiger charge is -2.17. The number of rotatable bonds is 5. The van der Waals surface area contributed by atoms with Crippen molar-refractivity contribution in [1.82, 2.24) is 4.98 Å². The highest BCUT2D eigenvalue weighted by atomic mass is 35.5. The van der Waals surface area contributed by atoms with E-state index in [1.54, 1.807) is 12.1 Å². The van der Waals surface area contributed by atoms with Crippen LogP contribution >= 0.6 is 23.2 Å². The van der Waals surface area contributed by atoms with Crippen LogP contribution in [0.4, 0.5) is 5.69 Å². The Labute approximate surface area is 213 Å². The predicted octanol–water partition coefficient (Wildman–Crippen LogP) is 8.56. The number of carbonyl (C=O) groups is 1. The van der Waals surface area contributed by atoms with Gasteiger partial charge in [0.2, 0.25) is 0 Å². The van der Waals surface area contributed by atoms with Crippen molar-refractivity contribution >= 4 is 45.7 Å². The summed E-state index contributed by atoms with van der Waals surface area (Å²) in [6.45, 7) is 1.88. The van der Waals surface area contributed by atoms with Gasteiger partial charge in [-0.1, -0.05) is 71.7 Å². The van der Waals surface area contributed by atoms with Crippen molar-refractivity contribution in [3.63, 3.8) is 0 Å². The first-order valence-corrected chi connectivity index (χ1v) is 11.7. The minimum atomic E-state index is -0.267. The van der Waals surface area contributed by atoms with Crippen molar-refractivity contribution in [3.05, 3.63) is 118 Å². The molecule has 1 aromatic heterocycles. The summed E-state index contributed by atoms with van der Waals surface area (Å²) in [5, 5.41) is 4.79. The summed E-state index contributed by atoms with van der Waals surface area (Å²) in [7, 11) is 0. The quantitative estimate of drug-likeness (QED) is 0.264. The second-order valence-electron chi connectivity index (χ2n) is 7.97. The van der Waals surface area contributed by atoms with Crippen LogP contribution in [0.2, 0.25) is 10.0 Å². The number of benzene rings is 4. The molecule has 0 radical (unpaired) electrons. The van der Waals surface area contributed by atoms with Crippen molar-refractivity contribution < 1.29 is 9.53 Å². The maximum atomic E-state index is 13.7. The highest BCUT2D eigenvalue weighted by Crippen LogP contribution is 2.36. The molecule has 0 aliphatic rings. The van der Waals surface area contributed by atoms with Crippen molar-refractivity contribution in [2.24, 2.45) is 0 Å². The Morgan fingerprint density at radius 1 is 0.857 bits per heavy atom. The molecule has 0 aliphatic heterocycles. The van der Waals surface area contributed by atoms with Gasteiger partial charge < -0.3 is 10.1 Å². The van der Waals surface area contributed by atoms with Gasteiger partial charge in [-0.15, -0.1) is 0 Å². The fourth-order valence-corrected chi connectivity index (χ4v) is 4.50. The Bertz CT molecular complexity index is 1550. The number of ether oxygens (including phenoxy) is 1. The molecule has 4 aromatic carbocycles. The van der Waals surface area contributed by atoms with Gasteiger partial charge in [0.05, 0.1) is 27.5 Å². The molecule has 0 spiro atoms. The molecule has 0 saturated carbocycles. The standard InChI is InChI=1S/C29H20Cl2N2O2/c1-18-27(29(34)33-25-13-7-8-14-26(25)35-20-9-3-2-4-10-20)22-11-5-6-12-24(22)32-28(18)21-16-15-19(30)17-23(21)31/h2-17H,1H3,(H,33,34). The van der Waals surface area contributed by atoms with Crippen molar-refractivity contribution in [2.45, 2.75) is 6.92 Å². The molecular formula is C29H20Cl2N2O2. The average Bonchev–Trinajstić information content (AvgIpc) is 2.86. The molecule has 172 valence electrons. The number of nitrogens with one attached hydrogen (secondary N) is 1. The molecule has 1 N–H and O–H groups in total. The number of fused-ring (bicyclic) bond motifs is 1. The van der Waals surface area contributed by atoms with E-state index in [1.165, 1.54) is 0 Å². The monoisotopic (exact) mass is 498 g/mol. The zero-order valence-electron chi connectivity index (χ0n) is 18.8. The summed E-state index contributed by atoms with van der Waals surface area (Å²) in [6, 6.07) is 29.6. The largest absolute Gasteiger partial charge is 0.455 e. The number of para-hydroxylation sites is 4. The van der Waals surface area contributed by atoms with Crippen LogP contribution in [-0.2, 0) is 0 Å². The molecule has 0 atom stereocenters. The summed E-state index contributed by atoms with van der Waals surface area (Å²) in [6.07, 6.45) is 0. The SMILES string of the molecule is Cc1c(-c2ccc(Cl)cc2Cl)nc2ccccc2c1C(=O)Nc1ccccc1Oc1ccccc1. The van der Waals surface area contributed by atoms with Gasteiger partial charge in [0.15, 0.2) is 5.75 Å². The fraction of sp³-hybridized carbons (Fsp3) is 0.0345. The van der Waals surface area contributed by atoms with Crippen molar-refractivity contribution in [2.75, 3.05) is 5.32 Å². The minimum absolute atomic E-state index is 0.267. The molecule has 0 fully saturated rings. The van der Waals surface area contributed by atoms with Crippen LogP contribution in [0, 0.1) is 6.92 Å². The maximum Gasteiger partial charge on any atom is 0.256 e. The first-order valence-electron chi connectivity index (χ1n) is 11.0. The summed E-state index contributed by atoms with van der Waals surface area (Å²) < 4.78 is 6.03. The average molecular weight is 499 g/mol. The summed E-state index contributed by atoms with van der Waals surface area (Å²) in [4.78, 5) is 18.6. The molecule has 1 amide bonds. The van der Waals surface area contributed by atoms with Gasteiger partial charge in [0, 0.05) is 16.0 Å². The molecular weight excluding hydrogens is 479 g/mol. The lowest BCUT2D eigenvalue weighted by molar-refractivity contribution is 0.102. The lowest BCUT2D eigenvalue weighted by Crippen LogP contribution is -2.16. The summed E-state index contributed by atoms with van der Waals surface area (Å²) in [5.41, 5.74) is 3.83. The van der Waals surface area contributed by atoms with Gasteiger partial charge in [-0.3, -0.25) is 4.79 Å². The fourth-order valence-electron chi connectivity index (χ4n) is 4.00. The number of pyridine rings is 1. The van der Waals surface area contributed by atoms with Gasteiger partial charge in [-0.25, -0.2) is 4.98 Å². The van der Waals surface area contributed by atoms with E-state index in [0.717, 1.165) is 5.39 Å². The van der Waals surface area contributed by atoms with E-state index < -0.39 is 0 Å². The lowest BCUT2D eigenvalue weighted by atomic mass is 9.97. The van der Waals surface area contributed by atoms with E-state index in [0.29, 0.717) is 55.1 Å². The van der Waals surface area contributed by atoms with Crippen LogP contribution in [0.5, 0.6) is 11.5 Å². The van der Waals surface area contributed by atoms with E-state index in [4.69, 9.17) is 32.9 Å². The van der Waals surface area contributed by atoms with E-state index in [1.807, 2.05) is 91.9 Å². The molecule has 1 heterocycles. The summed E-state index contributed by atoms with van der Waals surface area (Å²) in [5.74, 6) is 0.958. The van der Waals surface area contributed by atoms with Crippen LogP contribution in [0.3, 0.4) is 0 Å². The molecule has 6 heteroatoms. The number of carbonyl (C=O) groups excluding carboxylic acids is 1. The third kappa shape index (κ3) is 4.72. The zero-order valence-corrected chi connectivity index (χ0v) is 20.3. The minimum Gasteiger partial charge on any atom is -0.455 e. The molecule has 4 nitrogen and oxygen atoms in total. The number of aromatic nitrogens is 1. The van der Waals surface area contributed by atoms with Crippen molar-refractivity contribution in [1.29, 1.82) is 0 Å². The van der Waals surface area contributed by atoms with Crippen LogP contribution in [0.15, 0.2) is 97.1 Å². The van der Waals surface area contributed by atoms with E-state index in [2.05, 4.69) is 5.32 Å². The smallest absolute Gasteiger partial charge is 0.256 e. The second-order valence-corrected chi connectivity index (χ2v) is 8.81. The molecule has 0 unspecified atom stereocenters. The normalized spacial score (nSPS) is 10.8. The van der Waals surface area contributed by atoms with Gasteiger partial charge in [-0.2, -0.15) is 0 Å². The van der Waals surface area contributed by atoms with Crippen molar-refractivity contribution in [3.8, 4) is 22.8 Å². The Hall–Kier alpha value is -3.86. The predicted molar refractivity (Wildman–Crippen MR) is 143 cm³/mol. The third-order valence-electron chi connectivity index (χ3n) is 5.66. The van der Waals surface area contributed by atoms with Gasteiger partial charge in [0.1, 0.15) is 5.75 Å². The number of hydrogen-bond acceptors (Lipinski definition) is 3. The summed E-state index contributed by atoms with van der Waals surface area (Å²) >= 11 is 12.6. The number of nitrogens with zero attached hydrogens (tertiary/aromatic N) is 1. The van der Waals surface area contributed by atoms with Crippen LogP contribution in [-0.4, -0.2) is 10.9 Å². The highest BCUT2D eigenvalue weighted by molar-refractivity contribution is 6.36. The number of anilines is 1. The molecule has 5 aromatic rings. The van der Waals surface area contributed by atoms with E-state index >= 15 is 0 Å². The van der Waals surface area contributed by atoms with Gasteiger partial charge in [-0.05, 0) is 61.0 Å². The van der Waals surface area contributed by atoms with Crippen LogP contribution in [0.1, 0.15) is 15.9 Å². The number of halogens is 2. The maximum absolute atomic E-state index is 13.7. The molecule has 5 rings (SSSR count). The second kappa shape index (κ2) is 9.79. The number of hydrogen-bond donors (Lipinski definition) is 1. The Morgan fingerprint density at radius 2 is 1.57 bits per heavy atom. The zero-order chi connectivity index (χ0) is 24.4. The first-order chi connectivity index (χ1) is 17.0.